The standard InChI is InChI=1S/C8H4BrF3/c9-7-5-3-1-2-4-6(7)8(10,11)12/h1-4H. The topological polar surface area (TPSA) is 0 Å². The lowest BCUT2D eigenvalue weighted by atomic mass is 10.2. The Kier molecular flexibility index (Phi) is 2.60. The van der Waals surface area contributed by atoms with E-state index in [1.165, 1.54) is 18.2 Å². The second kappa shape index (κ2) is 3.33. The molecule has 0 saturated carbocycles. The molecule has 0 spiro atoms. The number of hydrogen-bond acceptors (Lipinski definition) is 0. The summed E-state index contributed by atoms with van der Waals surface area (Å²) in [5.41, 5.74) is 1.72. The summed E-state index contributed by atoms with van der Waals surface area (Å²) in [5.74, 6) is 0. The van der Waals surface area contributed by atoms with Crippen molar-refractivity contribution in [1.29, 1.82) is 0 Å². The van der Waals surface area contributed by atoms with Gasteiger partial charge in [0.15, 0.2) is 0 Å². The highest BCUT2D eigenvalue weighted by atomic mass is 79.9. The Bertz CT molecular complexity index is 301. The molecule has 0 saturated heterocycles. The fraction of sp³-hybridized carbons (Fsp3) is 0.125. The Morgan fingerprint density at radius 3 is 2.50 bits per heavy atom. The largest absolute Gasteiger partial charge is 0.418 e. The number of rotatable bonds is 0. The Morgan fingerprint density at radius 1 is 1.25 bits per heavy atom. The SMILES string of the molecule is FC(F)(F)C1=CC=CC=C=C1Br. The van der Waals surface area contributed by atoms with Gasteiger partial charge < -0.3 is 0 Å². The van der Waals surface area contributed by atoms with E-state index < -0.39 is 11.7 Å². The van der Waals surface area contributed by atoms with Crippen molar-refractivity contribution in [1.82, 2.24) is 0 Å². The van der Waals surface area contributed by atoms with Gasteiger partial charge in [-0.2, -0.15) is 13.2 Å². The van der Waals surface area contributed by atoms with Crippen LogP contribution in [-0.4, -0.2) is 6.18 Å². The molecule has 1 rings (SSSR count). The molecule has 0 N–H and O–H groups in total. The fourth-order valence-electron chi connectivity index (χ4n) is 0.698. The summed E-state index contributed by atoms with van der Waals surface area (Å²) < 4.78 is 36.4. The average molecular weight is 237 g/mol. The van der Waals surface area contributed by atoms with E-state index in [0.29, 0.717) is 0 Å². The van der Waals surface area contributed by atoms with Gasteiger partial charge in [-0.25, -0.2) is 0 Å². The van der Waals surface area contributed by atoms with Crippen LogP contribution in [0.15, 0.2) is 40.1 Å². The van der Waals surface area contributed by atoms with Gasteiger partial charge in [0.1, 0.15) is 0 Å². The molecule has 0 aliphatic heterocycles. The van der Waals surface area contributed by atoms with Crippen molar-refractivity contribution in [3.05, 3.63) is 40.1 Å². The van der Waals surface area contributed by atoms with E-state index in [1.807, 2.05) is 0 Å². The van der Waals surface area contributed by atoms with Gasteiger partial charge in [-0.15, -0.1) is 5.73 Å². The molecule has 4 heteroatoms. The van der Waals surface area contributed by atoms with Gasteiger partial charge >= 0.3 is 6.18 Å². The molecular formula is C8H4BrF3. The maximum Gasteiger partial charge on any atom is 0.418 e. The lowest BCUT2D eigenvalue weighted by Gasteiger charge is -2.07. The summed E-state index contributed by atoms with van der Waals surface area (Å²) in [6.07, 6.45) is 0.901. The lowest BCUT2D eigenvalue weighted by molar-refractivity contribution is -0.0884. The van der Waals surface area contributed by atoms with Crippen molar-refractivity contribution >= 4 is 15.9 Å². The third kappa shape index (κ3) is 2.13. The van der Waals surface area contributed by atoms with Crippen molar-refractivity contribution in [2.75, 3.05) is 0 Å². The van der Waals surface area contributed by atoms with Gasteiger partial charge in [0.2, 0.25) is 0 Å². The molecule has 0 fully saturated rings. The molecule has 1 aliphatic carbocycles. The summed E-state index contributed by atoms with van der Waals surface area (Å²) in [6.45, 7) is 0. The molecule has 0 nitrogen and oxygen atoms in total. The Hall–Kier alpha value is -0.730. The van der Waals surface area contributed by atoms with Gasteiger partial charge in [0.25, 0.3) is 0 Å². The van der Waals surface area contributed by atoms with E-state index in [2.05, 4.69) is 21.7 Å². The van der Waals surface area contributed by atoms with Gasteiger partial charge in [0, 0.05) is 0 Å². The minimum atomic E-state index is -4.33. The average Bonchev–Trinajstić information content (AvgIpc) is 2.11. The first-order valence-corrected chi connectivity index (χ1v) is 3.88. The molecule has 0 amide bonds. The van der Waals surface area contributed by atoms with E-state index in [0.717, 1.165) is 6.08 Å². The maximum absolute atomic E-state index is 12.2. The molecular weight excluding hydrogens is 233 g/mol. The monoisotopic (exact) mass is 236 g/mol. The van der Waals surface area contributed by atoms with E-state index in [-0.39, 0.29) is 4.48 Å². The van der Waals surface area contributed by atoms with Gasteiger partial charge in [0.05, 0.1) is 10.1 Å². The molecule has 1 aliphatic rings. The molecule has 0 aromatic rings. The van der Waals surface area contributed by atoms with Crippen LogP contribution in [0.5, 0.6) is 0 Å². The number of halogens is 4. The van der Waals surface area contributed by atoms with E-state index in [4.69, 9.17) is 0 Å². The van der Waals surface area contributed by atoms with Gasteiger partial charge in [-0.1, -0.05) is 12.2 Å². The predicted octanol–water partition coefficient (Wildman–Crippen LogP) is 3.48. The van der Waals surface area contributed by atoms with Crippen LogP contribution in [0.1, 0.15) is 0 Å². The van der Waals surface area contributed by atoms with Gasteiger partial charge in [-0.05, 0) is 28.1 Å². The molecule has 64 valence electrons. The second-order valence-electron chi connectivity index (χ2n) is 2.09. The first-order chi connectivity index (χ1) is 5.52. The van der Waals surface area contributed by atoms with Crippen molar-refractivity contribution < 1.29 is 13.2 Å². The van der Waals surface area contributed by atoms with Crippen LogP contribution in [0.25, 0.3) is 0 Å². The summed E-state index contributed by atoms with van der Waals surface area (Å²) in [6, 6.07) is 0. The third-order valence-corrected chi connectivity index (χ3v) is 1.88. The normalized spacial score (nSPS) is 17.0. The number of alkyl halides is 3. The molecule has 0 aromatic carbocycles. The van der Waals surface area contributed by atoms with Crippen molar-refractivity contribution in [2.24, 2.45) is 0 Å². The van der Waals surface area contributed by atoms with Crippen molar-refractivity contribution in [3.63, 3.8) is 0 Å². The minimum absolute atomic E-state index is 0.0694. The van der Waals surface area contributed by atoms with Crippen LogP contribution in [0, 0.1) is 0 Å². The van der Waals surface area contributed by atoms with Crippen LogP contribution in [0.4, 0.5) is 13.2 Å². The summed E-state index contributed by atoms with van der Waals surface area (Å²) in [4.78, 5) is 0. The summed E-state index contributed by atoms with van der Waals surface area (Å²) in [5, 5.41) is 0. The highest BCUT2D eigenvalue weighted by Crippen LogP contribution is 2.34. The van der Waals surface area contributed by atoms with Crippen LogP contribution in [0.2, 0.25) is 0 Å². The molecule has 0 heterocycles. The highest BCUT2D eigenvalue weighted by Gasteiger charge is 2.34. The van der Waals surface area contributed by atoms with Crippen LogP contribution in [-0.2, 0) is 0 Å². The molecule has 12 heavy (non-hydrogen) atoms. The Balaban J connectivity index is 3.13. The molecule has 0 radical (unpaired) electrons. The van der Waals surface area contributed by atoms with E-state index >= 15 is 0 Å². The zero-order chi connectivity index (χ0) is 9.19. The van der Waals surface area contributed by atoms with Crippen LogP contribution >= 0.6 is 15.9 Å². The molecule has 0 unspecified atom stereocenters. The first kappa shape index (κ1) is 9.36. The molecule has 0 bridgehead atoms. The van der Waals surface area contributed by atoms with E-state index in [9.17, 15) is 13.2 Å². The Labute approximate surface area is 75.9 Å². The molecule has 0 atom stereocenters. The van der Waals surface area contributed by atoms with Crippen LogP contribution < -0.4 is 0 Å². The maximum atomic E-state index is 12.2. The second-order valence-corrected chi connectivity index (χ2v) is 2.88. The summed E-state index contributed by atoms with van der Waals surface area (Å²) >= 11 is 2.79. The summed E-state index contributed by atoms with van der Waals surface area (Å²) in [7, 11) is 0. The van der Waals surface area contributed by atoms with Crippen LogP contribution in [0.3, 0.4) is 0 Å². The fourth-order valence-corrected chi connectivity index (χ4v) is 1.19. The van der Waals surface area contributed by atoms with E-state index in [1.54, 1.807) is 0 Å². The quantitative estimate of drug-likeness (QED) is 0.566. The minimum Gasteiger partial charge on any atom is -0.166 e. The highest BCUT2D eigenvalue weighted by molar-refractivity contribution is 9.11. The predicted molar refractivity (Wildman–Crippen MR) is 43.8 cm³/mol. The zero-order valence-electron chi connectivity index (χ0n) is 5.82. The molecule has 0 aromatic heterocycles. The van der Waals surface area contributed by atoms with Gasteiger partial charge in [-0.3, -0.25) is 0 Å². The number of hydrogen-bond donors (Lipinski definition) is 0. The third-order valence-electron chi connectivity index (χ3n) is 1.22. The zero-order valence-corrected chi connectivity index (χ0v) is 7.41. The number of allylic oxidation sites excluding steroid dienone is 5. The Morgan fingerprint density at radius 2 is 1.92 bits per heavy atom. The first-order valence-electron chi connectivity index (χ1n) is 3.08. The lowest BCUT2D eigenvalue weighted by Crippen LogP contribution is -2.11. The van der Waals surface area contributed by atoms with Crippen molar-refractivity contribution in [3.8, 4) is 0 Å². The van der Waals surface area contributed by atoms with Crippen molar-refractivity contribution in [2.45, 2.75) is 6.18 Å². The smallest absolute Gasteiger partial charge is 0.166 e.